The topological polar surface area (TPSA) is 85.9 Å². The van der Waals surface area contributed by atoms with Crippen molar-refractivity contribution < 1.29 is 0 Å². The van der Waals surface area contributed by atoms with Crippen molar-refractivity contribution in [1.29, 1.82) is 0 Å². The average molecular weight is 414 g/mol. The quantitative estimate of drug-likeness (QED) is 0.356. The van der Waals surface area contributed by atoms with Crippen LogP contribution in [0.5, 0.6) is 0 Å². The van der Waals surface area contributed by atoms with Gasteiger partial charge in [0.15, 0.2) is 16.3 Å². The van der Waals surface area contributed by atoms with Crippen molar-refractivity contribution in [2.24, 2.45) is 4.99 Å². The second-order valence-electron chi connectivity index (χ2n) is 6.93. The number of benzene rings is 1. The summed E-state index contributed by atoms with van der Waals surface area (Å²) in [6.45, 7) is 0.527. The maximum Gasteiger partial charge on any atom is 0.282 e. The number of thioether (sulfide) groups is 1. The van der Waals surface area contributed by atoms with Gasteiger partial charge in [-0.3, -0.25) is 19.3 Å². The molecule has 5 rings (SSSR count). The Morgan fingerprint density at radius 2 is 1.83 bits per heavy atom. The molecular formula is C22H18N6OS. The summed E-state index contributed by atoms with van der Waals surface area (Å²) < 4.78 is 1.70. The van der Waals surface area contributed by atoms with E-state index in [1.807, 2.05) is 30.3 Å². The molecule has 0 atom stereocenters. The van der Waals surface area contributed by atoms with Crippen molar-refractivity contribution in [2.45, 2.75) is 24.5 Å². The monoisotopic (exact) mass is 414 g/mol. The highest BCUT2D eigenvalue weighted by Gasteiger charge is 2.18. The summed E-state index contributed by atoms with van der Waals surface area (Å²) in [5, 5.41) is 0.635. The first-order valence-corrected chi connectivity index (χ1v) is 10.6. The molecule has 3 aromatic heterocycles. The SMILES string of the molecule is O=c1c2nccnc2nc(SCC2=Nc3cccnc3C2)n1CCc1ccccc1. The zero-order valence-corrected chi connectivity index (χ0v) is 16.9. The van der Waals surface area contributed by atoms with E-state index in [2.05, 4.69) is 37.1 Å². The highest BCUT2D eigenvalue weighted by Crippen LogP contribution is 2.27. The molecule has 0 fully saturated rings. The second kappa shape index (κ2) is 8.16. The first kappa shape index (κ1) is 18.6. The van der Waals surface area contributed by atoms with E-state index in [1.165, 1.54) is 23.5 Å². The Labute approximate surface area is 177 Å². The van der Waals surface area contributed by atoms with Crippen molar-refractivity contribution in [2.75, 3.05) is 5.75 Å². The molecule has 0 amide bonds. The Morgan fingerprint density at radius 1 is 0.967 bits per heavy atom. The van der Waals surface area contributed by atoms with Gasteiger partial charge in [0.05, 0.1) is 11.4 Å². The van der Waals surface area contributed by atoms with Gasteiger partial charge in [-0.25, -0.2) is 15.0 Å². The van der Waals surface area contributed by atoms with Crippen LogP contribution in [0.3, 0.4) is 0 Å². The van der Waals surface area contributed by atoms with Crippen LogP contribution in [-0.2, 0) is 19.4 Å². The fourth-order valence-electron chi connectivity index (χ4n) is 3.42. The Kier molecular flexibility index (Phi) is 5.06. The maximum absolute atomic E-state index is 13.1. The molecular weight excluding hydrogens is 396 g/mol. The molecule has 7 nitrogen and oxygen atoms in total. The van der Waals surface area contributed by atoms with Gasteiger partial charge in [0.25, 0.3) is 5.56 Å². The van der Waals surface area contributed by atoms with E-state index in [-0.39, 0.29) is 5.56 Å². The largest absolute Gasteiger partial charge is 0.285 e. The lowest BCUT2D eigenvalue weighted by Gasteiger charge is -2.12. The van der Waals surface area contributed by atoms with E-state index in [0.29, 0.717) is 28.6 Å². The third-order valence-electron chi connectivity index (χ3n) is 4.91. The number of aromatic nitrogens is 5. The predicted octanol–water partition coefficient (Wildman–Crippen LogP) is 3.25. The molecule has 1 aliphatic rings. The van der Waals surface area contributed by atoms with E-state index >= 15 is 0 Å². The minimum atomic E-state index is -0.162. The van der Waals surface area contributed by atoms with Gasteiger partial charge < -0.3 is 0 Å². The lowest BCUT2D eigenvalue weighted by Crippen LogP contribution is -2.25. The van der Waals surface area contributed by atoms with Crippen molar-refractivity contribution in [1.82, 2.24) is 24.5 Å². The molecule has 0 saturated heterocycles. The summed E-state index contributed by atoms with van der Waals surface area (Å²) in [6.07, 6.45) is 6.33. The van der Waals surface area contributed by atoms with Crippen LogP contribution in [0.15, 0.2) is 76.0 Å². The fourth-order valence-corrected chi connectivity index (χ4v) is 4.37. The molecule has 0 unspecified atom stereocenters. The van der Waals surface area contributed by atoms with Gasteiger partial charge in [0.2, 0.25) is 0 Å². The number of hydrogen-bond donors (Lipinski definition) is 0. The Bertz CT molecular complexity index is 1300. The van der Waals surface area contributed by atoms with Gasteiger partial charge in [-0.05, 0) is 24.1 Å². The van der Waals surface area contributed by atoms with Crippen LogP contribution in [0.25, 0.3) is 11.2 Å². The second-order valence-corrected chi connectivity index (χ2v) is 7.87. The third-order valence-corrected chi connectivity index (χ3v) is 5.96. The summed E-state index contributed by atoms with van der Waals surface area (Å²) >= 11 is 1.50. The van der Waals surface area contributed by atoms with E-state index in [4.69, 9.17) is 0 Å². The Morgan fingerprint density at radius 3 is 2.70 bits per heavy atom. The van der Waals surface area contributed by atoms with Gasteiger partial charge in [-0.2, -0.15) is 0 Å². The van der Waals surface area contributed by atoms with Gasteiger partial charge >= 0.3 is 0 Å². The van der Waals surface area contributed by atoms with E-state index in [1.54, 1.807) is 17.0 Å². The lowest BCUT2D eigenvalue weighted by atomic mass is 10.1. The first-order valence-electron chi connectivity index (χ1n) is 9.66. The van der Waals surface area contributed by atoms with E-state index in [9.17, 15) is 4.79 Å². The van der Waals surface area contributed by atoms with Crippen LogP contribution in [0.4, 0.5) is 5.69 Å². The zero-order chi connectivity index (χ0) is 20.3. The van der Waals surface area contributed by atoms with Crippen molar-refractivity contribution in [3.63, 3.8) is 0 Å². The summed E-state index contributed by atoms with van der Waals surface area (Å²) in [4.78, 5) is 35.2. The van der Waals surface area contributed by atoms with Gasteiger partial charge in [0.1, 0.15) is 0 Å². The van der Waals surface area contributed by atoms with Gasteiger partial charge in [-0.15, -0.1) is 0 Å². The molecule has 148 valence electrons. The van der Waals surface area contributed by atoms with Gasteiger partial charge in [0, 0.05) is 43.0 Å². The Balaban J connectivity index is 1.43. The summed E-state index contributed by atoms with van der Waals surface area (Å²) in [5.74, 6) is 0.639. The standard InChI is InChI=1S/C22H18N6OS/c29-21-19-20(25-11-10-24-19)27-22(28(21)12-8-15-5-2-1-3-6-15)30-14-16-13-18-17(26-16)7-4-9-23-18/h1-7,9-11H,8,12-14H2. The lowest BCUT2D eigenvalue weighted by molar-refractivity contribution is 0.593. The number of aliphatic imine (C=N–C) groups is 1. The summed E-state index contributed by atoms with van der Waals surface area (Å²) in [5.41, 5.74) is 4.62. The van der Waals surface area contributed by atoms with Crippen LogP contribution < -0.4 is 5.56 Å². The van der Waals surface area contributed by atoms with Crippen molar-refractivity contribution in [3.05, 3.63) is 82.7 Å². The smallest absolute Gasteiger partial charge is 0.282 e. The van der Waals surface area contributed by atoms with Crippen molar-refractivity contribution in [3.8, 4) is 0 Å². The fraction of sp³-hybridized carbons (Fsp3) is 0.182. The molecule has 0 spiro atoms. The minimum Gasteiger partial charge on any atom is -0.285 e. The number of hydrogen-bond acceptors (Lipinski definition) is 7. The molecule has 0 N–H and O–H groups in total. The predicted molar refractivity (Wildman–Crippen MR) is 117 cm³/mol. The molecule has 1 aliphatic heterocycles. The Hall–Kier alpha value is -3.39. The number of fused-ring (bicyclic) bond motifs is 2. The van der Waals surface area contributed by atoms with E-state index in [0.717, 1.165) is 29.9 Å². The molecule has 4 aromatic rings. The van der Waals surface area contributed by atoms with Crippen molar-refractivity contribution >= 4 is 34.3 Å². The van der Waals surface area contributed by atoms with Crippen LogP contribution in [0.1, 0.15) is 11.3 Å². The number of aryl methyl sites for hydroxylation is 1. The van der Waals surface area contributed by atoms with E-state index < -0.39 is 0 Å². The zero-order valence-electron chi connectivity index (χ0n) is 16.1. The normalized spacial score (nSPS) is 12.7. The third kappa shape index (κ3) is 3.73. The minimum absolute atomic E-state index is 0.162. The molecule has 0 saturated carbocycles. The molecule has 8 heteroatoms. The number of rotatable bonds is 6. The molecule has 1 aromatic carbocycles. The maximum atomic E-state index is 13.1. The molecule has 4 heterocycles. The van der Waals surface area contributed by atoms with Crippen LogP contribution in [0.2, 0.25) is 0 Å². The number of nitrogens with zero attached hydrogens (tertiary/aromatic N) is 6. The van der Waals surface area contributed by atoms with Gasteiger partial charge in [-0.1, -0.05) is 42.1 Å². The first-order chi connectivity index (χ1) is 14.8. The number of pyridine rings is 1. The van der Waals surface area contributed by atoms with Crippen LogP contribution >= 0.6 is 11.8 Å². The average Bonchev–Trinajstić information content (AvgIpc) is 3.21. The van der Waals surface area contributed by atoms with Crippen LogP contribution in [-0.4, -0.2) is 36.0 Å². The molecule has 0 radical (unpaired) electrons. The summed E-state index contributed by atoms with van der Waals surface area (Å²) in [6, 6.07) is 14.0. The van der Waals surface area contributed by atoms with Crippen LogP contribution in [0, 0.1) is 0 Å². The molecule has 0 bridgehead atoms. The highest BCUT2D eigenvalue weighted by molar-refractivity contribution is 7.99. The summed E-state index contributed by atoms with van der Waals surface area (Å²) in [7, 11) is 0. The molecule has 30 heavy (non-hydrogen) atoms. The molecule has 0 aliphatic carbocycles. The highest BCUT2D eigenvalue weighted by atomic mass is 32.2.